The molecule has 1 unspecified atom stereocenters. The fourth-order valence-corrected chi connectivity index (χ4v) is 3.12. The summed E-state index contributed by atoms with van der Waals surface area (Å²) in [7, 11) is 0. The Balaban J connectivity index is 1.80. The van der Waals surface area contributed by atoms with Crippen molar-refractivity contribution in [3.05, 3.63) is 59.7 Å². The van der Waals surface area contributed by atoms with Gasteiger partial charge in [0.15, 0.2) is 0 Å². The fourth-order valence-electron chi connectivity index (χ4n) is 2.52. The van der Waals surface area contributed by atoms with Gasteiger partial charge in [-0.2, -0.15) is 0 Å². The van der Waals surface area contributed by atoms with Crippen molar-refractivity contribution in [1.29, 1.82) is 0 Å². The maximum Gasteiger partial charge on any atom is 0.234 e. The SMILES string of the molecule is CCCC(=O)NCCOS(=O)NCc1ccc(C)c(-c2ccccc2)c1. The molecule has 1 atom stereocenters. The van der Waals surface area contributed by atoms with Crippen LogP contribution in [0.15, 0.2) is 48.5 Å². The van der Waals surface area contributed by atoms with Gasteiger partial charge in [0.1, 0.15) is 0 Å². The number of carbonyl (C=O) groups excluding carboxylic acids is 1. The summed E-state index contributed by atoms with van der Waals surface area (Å²) in [4.78, 5) is 11.3. The molecule has 0 fully saturated rings. The summed E-state index contributed by atoms with van der Waals surface area (Å²) in [5.74, 6) is -0.0112. The zero-order valence-corrected chi connectivity index (χ0v) is 16.1. The van der Waals surface area contributed by atoms with Crippen LogP contribution in [0.3, 0.4) is 0 Å². The number of aryl methyl sites for hydroxylation is 1. The lowest BCUT2D eigenvalue weighted by Crippen LogP contribution is -2.28. The molecule has 2 aromatic rings. The van der Waals surface area contributed by atoms with E-state index in [9.17, 15) is 9.00 Å². The smallest absolute Gasteiger partial charge is 0.234 e. The molecule has 2 aromatic carbocycles. The highest BCUT2D eigenvalue weighted by Crippen LogP contribution is 2.24. The third kappa shape index (κ3) is 6.71. The zero-order valence-electron chi connectivity index (χ0n) is 15.3. The Morgan fingerprint density at radius 1 is 1.15 bits per heavy atom. The normalized spacial score (nSPS) is 11.9. The van der Waals surface area contributed by atoms with Crippen LogP contribution < -0.4 is 10.0 Å². The Morgan fingerprint density at radius 3 is 2.65 bits per heavy atom. The van der Waals surface area contributed by atoms with Crippen LogP contribution in [0.25, 0.3) is 11.1 Å². The molecule has 2 rings (SSSR count). The van der Waals surface area contributed by atoms with E-state index in [2.05, 4.69) is 41.2 Å². The summed E-state index contributed by atoms with van der Waals surface area (Å²) in [6.45, 7) is 5.03. The van der Waals surface area contributed by atoms with Crippen molar-refractivity contribution in [2.24, 2.45) is 0 Å². The number of hydrogen-bond acceptors (Lipinski definition) is 3. The maximum absolute atomic E-state index is 11.9. The minimum Gasteiger partial charge on any atom is -0.354 e. The lowest BCUT2D eigenvalue weighted by atomic mass is 9.98. The second-order valence-corrected chi connectivity index (χ2v) is 6.99. The second kappa shape index (κ2) is 10.9. The lowest BCUT2D eigenvalue weighted by Gasteiger charge is -2.10. The molecule has 2 N–H and O–H groups in total. The van der Waals surface area contributed by atoms with Gasteiger partial charge >= 0.3 is 0 Å². The largest absolute Gasteiger partial charge is 0.354 e. The molecule has 0 saturated heterocycles. The number of rotatable bonds is 10. The molecule has 0 aromatic heterocycles. The van der Waals surface area contributed by atoms with Gasteiger partial charge in [0.2, 0.25) is 17.2 Å². The highest BCUT2D eigenvalue weighted by molar-refractivity contribution is 7.78. The number of nitrogens with one attached hydrogen (secondary N) is 2. The predicted molar refractivity (Wildman–Crippen MR) is 105 cm³/mol. The Labute approximate surface area is 158 Å². The van der Waals surface area contributed by atoms with E-state index < -0.39 is 11.3 Å². The molecule has 0 radical (unpaired) electrons. The molecule has 0 saturated carbocycles. The van der Waals surface area contributed by atoms with Crippen molar-refractivity contribution in [2.45, 2.75) is 33.2 Å². The molecular weight excluding hydrogens is 348 g/mol. The summed E-state index contributed by atoms with van der Waals surface area (Å²) < 4.78 is 19.9. The van der Waals surface area contributed by atoms with E-state index in [4.69, 9.17) is 4.18 Å². The summed E-state index contributed by atoms with van der Waals surface area (Å²) in [5.41, 5.74) is 4.55. The van der Waals surface area contributed by atoms with E-state index in [0.29, 0.717) is 19.5 Å². The van der Waals surface area contributed by atoms with Gasteiger partial charge in [-0.25, -0.2) is 8.93 Å². The highest BCUT2D eigenvalue weighted by atomic mass is 32.2. The highest BCUT2D eigenvalue weighted by Gasteiger charge is 2.06. The van der Waals surface area contributed by atoms with E-state index in [1.54, 1.807) is 0 Å². The first-order chi connectivity index (χ1) is 12.6. The van der Waals surface area contributed by atoms with Gasteiger partial charge < -0.3 is 5.32 Å². The average molecular weight is 375 g/mol. The average Bonchev–Trinajstić information content (AvgIpc) is 2.65. The third-order valence-corrected chi connectivity index (χ3v) is 4.63. The first-order valence-electron chi connectivity index (χ1n) is 8.80. The lowest BCUT2D eigenvalue weighted by molar-refractivity contribution is -0.121. The van der Waals surface area contributed by atoms with Crippen molar-refractivity contribution in [1.82, 2.24) is 10.0 Å². The van der Waals surface area contributed by atoms with Crippen LogP contribution in [0.4, 0.5) is 0 Å². The molecule has 6 heteroatoms. The van der Waals surface area contributed by atoms with Crippen LogP contribution in [0, 0.1) is 6.92 Å². The van der Waals surface area contributed by atoms with Crippen LogP contribution in [-0.2, 0) is 26.8 Å². The molecule has 0 bridgehead atoms. The van der Waals surface area contributed by atoms with Crippen LogP contribution in [0.5, 0.6) is 0 Å². The van der Waals surface area contributed by atoms with Crippen LogP contribution in [0.2, 0.25) is 0 Å². The maximum atomic E-state index is 11.9. The molecule has 0 aliphatic heterocycles. The topological polar surface area (TPSA) is 67.4 Å². The Morgan fingerprint density at radius 2 is 1.92 bits per heavy atom. The first-order valence-corrected chi connectivity index (χ1v) is 9.88. The minimum absolute atomic E-state index is 0.0112. The number of amides is 1. The summed E-state index contributed by atoms with van der Waals surface area (Å²) >= 11 is -1.60. The molecule has 0 heterocycles. The quantitative estimate of drug-likeness (QED) is 0.627. The predicted octanol–water partition coefficient (Wildman–Crippen LogP) is 3.26. The Bertz CT molecular complexity index is 735. The van der Waals surface area contributed by atoms with Crippen LogP contribution >= 0.6 is 0 Å². The van der Waals surface area contributed by atoms with Gasteiger partial charge in [-0.3, -0.25) is 8.98 Å². The monoisotopic (exact) mass is 374 g/mol. The van der Waals surface area contributed by atoms with Gasteiger partial charge in [0, 0.05) is 19.5 Å². The zero-order chi connectivity index (χ0) is 18.8. The molecule has 26 heavy (non-hydrogen) atoms. The summed E-state index contributed by atoms with van der Waals surface area (Å²) in [6, 6.07) is 16.4. The van der Waals surface area contributed by atoms with E-state index in [0.717, 1.165) is 23.1 Å². The summed E-state index contributed by atoms with van der Waals surface area (Å²) in [6.07, 6.45) is 1.31. The van der Waals surface area contributed by atoms with Crippen molar-refractivity contribution in [2.75, 3.05) is 13.2 Å². The Kier molecular flexibility index (Phi) is 8.47. The van der Waals surface area contributed by atoms with Gasteiger partial charge in [-0.15, -0.1) is 0 Å². The second-order valence-electron chi connectivity index (χ2n) is 5.99. The van der Waals surface area contributed by atoms with E-state index in [-0.39, 0.29) is 12.5 Å². The third-order valence-electron chi connectivity index (χ3n) is 3.87. The van der Waals surface area contributed by atoms with Crippen molar-refractivity contribution >= 4 is 17.2 Å². The summed E-state index contributed by atoms with van der Waals surface area (Å²) in [5, 5.41) is 2.72. The molecule has 0 aliphatic rings. The van der Waals surface area contributed by atoms with Gasteiger partial charge in [0.25, 0.3) is 0 Å². The van der Waals surface area contributed by atoms with Crippen LogP contribution in [-0.4, -0.2) is 23.3 Å². The fraction of sp³-hybridized carbons (Fsp3) is 0.350. The molecule has 5 nitrogen and oxygen atoms in total. The molecule has 0 spiro atoms. The van der Waals surface area contributed by atoms with E-state index >= 15 is 0 Å². The molecule has 1 amide bonds. The van der Waals surface area contributed by atoms with E-state index in [1.807, 2.05) is 31.2 Å². The van der Waals surface area contributed by atoms with Gasteiger partial charge in [-0.05, 0) is 41.7 Å². The van der Waals surface area contributed by atoms with E-state index in [1.165, 1.54) is 5.56 Å². The van der Waals surface area contributed by atoms with Crippen LogP contribution in [0.1, 0.15) is 30.9 Å². The molecule has 0 aliphatic carbocycles. The van der Waals surface area contributed by atoms with Gasteiger partial charge in [-0.1, -0.05) is 49.4 Å². The van der Waals surface area contributed by atoms with Gasteiger partial charge in [0.05, 0.1) is 6.61 Å². The molecule has 140 valence electrons. The molecular formula is C20H26N2O3S. The van der Waals surface area contributed by atoms with Crippen molar-refractivity contribution in [3.8, 4) is 11.1 Å². The van der Waals surface area contributed by atoms with Crippen molar-refractivity contribution in [3.63, 3.8) is 0 Å². The first kappa shape index (κ1) is 20.3. The number of hydrogen-bond donors (Lipinski definition) is 2. The Hall–Kier alpha value is -2.02. The standard InChI is InChI=1S/C20H26N2O3S/c1-3-7-20(23)21-12-13-25-26(24)22-15-17-11-10-16(2)19(14-17)18-8-5-4-6-9-18/h4-6,8-11,14,22H,3,7,12-13,15H2,1-2H3,(H,21,23). The number of benzene rings is 2. The minimum atomic E-state index is -1.60. The van der Waals surface area contributed by atoms with Crippen molar-refractivity contribution < 1.29 is 13.2 Å². The number of carbonyl (C=O) groups is 1.